The van der Waals surface area contributed by atoms with Crippen molar-refractivity contribution in [3.63, 3.8) is 0 Å². The molecule has 4 heteroatoms. The number of hydrogen-bond donors (Lipinski definition) is 1. The van der Waals surface area contributed by atoms with Crippen LogP contribution in [0.5, 0.6) is 0 Å². The van der Waals surface area contributed by atoms with Gasteiger partial charge in [-0.2, -0.15) is 0 Å². The van der Waals surface area contributed by atoms with Crippen molar-refractivity contribution in [2.24, 2.45) is 5.41 Å². The van der Waals surface area contributed by atoms with Crippen molar-refractivity contribution in [3.05, 3.63) is 0 Å². The molecule has 0 bridgehead atoms. The Hall–Kier alpha value is -1.06. The number of likely N-dealkylation sites (tertiary alicyclic amines) is 1. The third-order valence-corrected chi connectivity index (χ3v) is 2.81. The number of hydrogen-bond acceptors (Lipinski definition) is 2. The van der Waals surface area contributed by atoms with Crippen molar-refractivity contribution in [1.82, 2.24) is 4.90 Å². The zero-order valence-electron chi connectivity index (χ0n) is 8.75. The van der Waals surface area contributed by atoms with E-state index in [0.29, 0.717) is 13.1 Å². The molecule has 80 valence electrons. The maximum absolute atomic E-state index is 11.2. The van der Waals surface area contributed by atoms with Gasteiger partial charge in [-0.3, -0.25) is 4.79 Å². The van der Waals surface area contributed by atoms with E-state index < -0.39 is 11.9 Å². The minimum atomic E-state index is -1.34. The van der Waals surface area contributed by atoms with Crippen molar-refractivity contribution in [2.75, 3.05) is 13.1 Å². The van der Waals surface area contributed by atoms with Crippen LogP contribution in [0.25, 0.3) is 0 Å². The summed E-state index contributed by atoms with van der Waals surface area (Å²) in [5.74, 6) is -2.10. The van der Waals surface area contributed by atoms with E-state index in [9.17, 15) is 9.59 Å². The predicted molar refractivity (Wildman–Crippen MR) is 51.8 cm³/mol. The summed E-state index contributed by atoms with van der Waals surface area (Å²) in [6.07, 6.45) is 2.83. The maximum atomic E-state index is 11.2. The highest BCUT2D eigenvalue weighted by atomic mass is 16.4. The van der Waals surface area contributed by atoms with Gasteiger partial charge in [-0.05, 0) is 24.7 Å². The number of nitrogens with zero attached hydrogens (tertiary/aromatic N) is 1. The van der Waals surface area contributed by atoms with Gasteiger partial charge < -0.3 is 10.0 Å². The summed E-state index contributed by atoms with van der Waals surface area (Å²) in [5, 5.41) is 8.56. The molecule has 1 fully saturated rings. The average molecular weight is 199 g/mol. The Bertz CT molecular complexity index is 248. The highest BCUT2D eigenvalue weighted by molar-refractivity contribution is 6.31. The summed E-state index contributed by atoms with van der Waals surface area (Å²) in [7, 11) is 0. The topological polar surface area (TPSA) is 57.6 Å². The smallest absolute Gasteiger partial charge is 0.394 e. The molecule has 1 heterocycles. The number of carboxylic acid groups (broad SMARTS) is 1. The minimum absolute atomic E-state index is 0.230. The van der Waals surface area contributed by atoms with Crippen LogP contribution in [0.4, 0.5) is 0 Å². The summed E-state index contributed by atoms with van der Waals surface area (Å²) in [6, 6.07) is 0. The molecule has 0 aromatic rings. The van der Waals surface area contributed by atoms with Gasteiger partial charge in [-0.25, -0.2) is 4.79 Å². The van der Waals surface area contributed by atoms with Gasteiger partial charge in [0.15, 0.2) is 0 Å². The third kappa shape index (κ3) is 2.72. The van der Waals surface area contributed by atoms with Crippen LogP contribution in [0.15, 0.2) is 0 Å². The molecule has 14 heavy (non-hydrogen) atoms. The summed E-state index contributed by atoms with van der Waals surface area (Å²) in [5.41, 5.74) is 0.230. The molecule has 0 radical (unpaired) electrons. The molecule has 0 atom stereocenters. The van der Waals surface area contributed by atoms with E-state index in [0.717, 1.165) is 19.3 Å². The lowest BCUT2D eigenvalue weighted by molar-refractivity contribution is -0.155. The van der Waals surface area contributed by atoms with E-state index in [1.54, 1.807) is 0 Å². The van der Waals surface area contributed by atoms with Gasteiger partial charge in [0.25, 0.3) is 0 Å². The molecule has 1 aliphatic rings. The highest BCUT2D eigenvalue weighted by Gasteiger charge is 2.27. The predicted octanol–water partition coefficient (Wildman–Crippen LogP) is 1.11. The Kier molecular flexibility index (Phi) is 3.13. The first-order chi connectivity index (χ1) is 6.42. The maximum Gasteiger partial charge on any atom is 0.394 e. The Balaban J connectivity index is 2.58. The molecule has 1 amide bonds. The van der Waals surface area contributed by atoms with E-state index in [1.165, 1.54) is 4.90 Å². The monoisotopic (exact) mass is 199 g/mol. The summed E-state index contributed by atoms with van der Waals surface area (Å²) in [6.45, 7) is 5.45. The second-order valence-corrected chi connectivity index (χ2v) is 4.62. The van der Waals surface area contributed by atoms with Crippen molar-refractivity contribution >= 4 is 11.9 Å². The van der Waals surface area contributed by atoms with E-state index in [4.69, 9.17) is 5.11 Å². The number of carbonyl (C=O) groups excluding carboxylic acids is 1. The van der Waals surface area contributed by atoms with Gasteiger partial charge in [0.1, 0.15) is 0 Å². The van der Waals surface area contributed by atoms with Gasteiger partial charge in [0.2, 0.25) is 0 Å². The fraction of sp³-hybridized carbons (Fsp3) is 0.800. The summed E-state index contributed by atoms with van der Waals surface area (Å²) in [4.78, 5) is 23.1. The van der Waals surface area contributed by atoms with Gasteiger partial charge in [-0.15, -0.1) is 0 Å². The van der Waals surface area contributed by atoms with Crippen molar-refractivity contribution in [3.8, 4) is 0 Å². The molecule has 4 nitrogen and oxygen atoms in total. The SMILES string of the molecule is CC1(C)CCCN(C(=O)C(=O)O)CC1. The molecule has 1 aliphatic heterocycles. The molecule has 0 aromatic heterocycles. The van der Waals surface area contributed by atoms with Gasteiger partial charge in [0, 0.05) is 13.1 Å². The highest BCUT2D eigenvalue weighted by Crippen LogP contribution is 2.29. The lowest BCUT2D eigenvalue weighted by atomic mass is 9.85. The van der Waals surface area contributed by atoms with Crippen LogP contribution in [0.3, 0.4) is 0 Å². The molecule has 1 N–H and O–H groups in total. The van der Waals surface area contributed by atoms with Gasteiger partial charge in [0.05, 0.1) is 0 Å². The molecular formula is C10H17NO3. The number of carbonyl (C=O) groups is 2. The number of rotatable bonds is 0. The second kappa shape index (κ2) is 3.98. The first-order valence-corrected chi connectivity index (χ1v) is 4.95. The third-order valence-electron chi connectivity index (χ3n) is 2.81. The number of amides is 1. The van der Waals surface area contributed by atoms with Gasteiger partial charge in [-0.1, -0.05) is 13.8 Å². The molecule has 0 saturated carbocycles. The van der Waals surface area contributed by atoms with Crippen LogP contribution >= 0.6 is 0 Å². The van der Waals surface area contributed by atoms with Crippen LogP contribution in [0, 0.1) is 5.41 Å². The van der Waals surface area contributed by atoms with Crippen LogP contribution in [0.1, 0.15) is 33.1 Å². The lowest BCUT2D eigenvalue weighted by Crippen LogP contribution is -2.37. The average Bonchev–Trinajstić information content (AvgIpc) is 2.25. The Morgan fingerprint density at radius 2 is 1.86 bits per heavy atom. The molecule has 0 aromatic carbocycles. The summed E-state index contributed by atoms with van der Waals surface area (Å²) < 4.78 is 0. The van der Waals surface area contributed by atoms with E-state index in [1.807, 2.05) is 0 Å². The Labute approximate surface area is 83.9 Å². The largest absolute Gasteiger partial charge is 0.474 e. The second-order valence-electron chi connectivity index (χ2n) is 4.62. The fourth-order valence-electron chi connectivity index (χ4n) is 1.76. The standard InChI is InChI=1S/C10H17NO3/c1-10(2)4-3-6-11(7-5-10)8(12)9(13)14/h3-7H2,1-2H3,(H,13,14). The molecular weight excluding hydrogens is 182 g/mol. The quantitative estimate of drug-likeness (QED) is 0.594. The molecule has 0 unspecified atom stereocenters. The van der Waals surface area contributed by atoms with E-state index in [2.05, 4.69) is 13.8 Å². The molecule has 1 saturated heterocycles. The molecule has 0 aliphatic carbocycles. The van der Waals surface area contributed by atoms with Crippen LogP contribution in [-0.2, 0) is 9.59 Å². The zero-order chi connectivity index (χ0) is 10.8. The van der Waals surface area contributed by atoms with Crippen LogP contribution < -0.4 is 0 Å². The van der Waals surface area contributed by atoms with E-state index >= 15 is 0 Å². The van der Waals surface area contributed by atoms with Gasteiger partial charge >= 0.3 is 11.9 Å². The Morgan fingerprint density at radius 3 is 2.43 bits per heavy atom. The lowest BCUT2D eigenvalue weighted by Gasteiger charge is -2.22. The van der Waals surface area contributed by atoms with Crippen LogP contribution in [0.2, 0.25) is 0 Å². The van der Waals surface area contributed by atoms with E-state index in [-0.39, 0.29) is 5.41 Å². The first kappa shape index (κ1) is 11.0. The number of carboxylic acids is 1. The number of aliphatic carboxylic acids is 1. The van der Waals surface area contributed by atoms with Crippen molar-refractivity contribution in [1.29, 1.82) is 0 Å². The molecule has 0 spiro atoms. The van der Waals surface area contributed by atoms with Crippen LogP contribution in [-0.4, -0.2) is 35.0 Å². The zero-order valence-corrected chi connectivity index (χ0v) is 8.75. The molecule has 1 rings (SSSR count). The fourth-order valence-corrected chi connectivity index (χ4v) is 1.76. The summed E-state index contributed by atoms with van der Waals surface area (Å²) >= 11 is 0. The normalized spacial score (nSPS) is 21.4. The first-order valence-electron chi connectivity index (χ1n) is 4.95. The van der Waals surface area contributed by atoms with Crippen molar-refractivity contribution in [2.45, 2.75) is 33.1 Å². The minimum Gasteiger partial charge on any atom is -0.474 e. The Morgan fingerprint density at radius 1 is 1.21 bits per heavy atom. The van der Waals surface area contributed by atoms with Crippen molar-refractivity contribution < 1.29 is 14.7 Å².